The molecule has 1 aromatic heterocycles. The van der Waals surface area contributed by atoms with Crippen LogP contribution in [0.2, 0.25) is 0 Å². The van der Waals surface area contributed by atoms with E-state index in [0.29, 0.717) is 12.1 Å². The number of ether oxygens (including phenoxy) is 1. The second kappa shape index (κ2) is 3.83. The van der Waals surface area contributed by atoms with Crippen molar-refractivity contribution in [3.05, 3.63) is 18.2 Å². The highest BCUT2D eigenvalue weighted by Crippen LogP contribution is 2.38. The van der Waals surface area contributed by atoms with E-state index < -0.39 is 0 Å². The van der Waals surface area contributed by atoms with Crippen LogP contribution >= 0.6 is 11.3 Å². The number of hydrogen-bond acceptors (Lipinski definition) is 5. The maximum absolute atomic E-state index is 5.82. The lowest BCUT2D eigenvalue weighted by Crippen LogP contribution is -2.45. The molecule has 2 fully saturated rings. The molecule has 0 radical (unpaired) electrons. The number of benzene rings is 1. The van der Waals surface area contributed by atoms with Crippen LogP contribution in [0.4, 0.5) is 10.8 Å². The summed E-state index contributed by atoms with van der Waals surface area (Å²) in [6.45, 7) is 1.68. The molecule has 3 heterocycles. The van der Waals surface area contributed by atoms with Crippen molar-refractivity contribution in [3.63, 3.8) is 0 Å². The molecule has 2 saturated heterocycles. The third kappa shape index (κ3) is 1.51. The molecule has 94 valence electrons. The van der Waals surface area contributed by atoms with Gasteiger partial charge >= 0.3 is 0 Å². The number of nitrogens with two attached hydrogens (primary N) is 1. The number of anilines is 2. The van der Waals surface area contributed by atoms with Crippen LogP contribution < -0.4 is 10.6 Å². The average molecular weight is 261 g/mol. The van der Waals surface area contributed by atoms with E-state index >= 15 is 0 Å². The van der Waals surface area contributed by atoms with E-state index in [-0.39, 0.29) is 0 Å². The normalized spacial score (nSPS) is 27.0. The number of morpholine rings is 1. The summed E-state index contributed by atoms with van der Waals surface area (Å²) in [4.78, 5) is 7.21. The maximum Gasteiger partial charge on any atom is 0.187 e. The van der Waals surface area contributed by atoms with Gasteiger partial charge < -0.3 is 15.4 Å². The molecule has 2 aromatic rings. The molecule has 2 atom stereocenters. The smallest absolute Gasteiger partial charge is 0.187 e. The second-order valence-electron chi connectivity index (χ2n) is 5.05. The molecule has 2 aliphatic heterocycles. The molecule has 2 unspecified atom stereocenters. The largest absolute Gasteiger partial charge is 0.399 e. The fraction of sp³-hybridized carbons (Fsp3) is 0.462. The van der Waals surface area contributed by atoms with Crippen LogP contribution in [0, 0.1) is 0 Å². The van der Waals surface area contributed by atoms with Gasteiger partial charge in [-0.15, -0.1) is 0 Å². The summed E-state index contributed by atoms with van der Waals surface area (Å²) in [5.41, 5.74) is 7.68. The fourth-order valence-corrected chi connectivity index (χ4v) is 4.14. The summed E-state index contributed by atoms with van der Waals surface area (Å²) in [5, 5.41) is 1.13. The summed E-state index contributed by atoms with van der Waals surface area (Å²) in [7, 11) is 0. The zero-order valence-corrected chi connectivity index (χ0v) is 10.8. The number of aromatic nitrogens is 1. The van der Waals surface area contributed by atoms with E-state index in [1.54, 1.807) is 11.3 Å². The first kappa shape index (κ1) is 10.6. The molecular formula is C13H15N3OS. The Morgan fingerprint density at radius 1 is 1.28 bits per heavy atom. The van der Waals surface area contributed by atoms with Crippen molar-refractivity contribution in [2.45, 2.75) is 24.9 Å². The van der Waals surface area contributed by atoms with Crippen LogP contribution in [-0.4, -0.2) is 30.3 Å². The topological polar surface area (TPSA) is 51.4 Å². The Labute approximate surface area is 109 Å². The van der Waals surface area contributed by atoms with Gasteiger partial charge in [-0.2, -0.15) is 0 Å². The van der Waals surface area contributed by atoms with Gasteiger partial charge in [-0.05, 0) is 31.0 Å². The number of hydrogen-bond donors (Lipinski definition) is 1. The van der Waals surface area contributed by atoms with Gasteiger partial charge in [0.2, 0.25) is 0 Å². The first-order valence-corrected chi connectivity index (χ1v) is 7.15. The minimum Gasteiger partial charge on any atom is -0.399 e. The van der Waals surface area contributed by atoms with Crippen LogP contribution in [0.15, 0.2) is 18.2 Å². The Morgan fingerprint density at radius 2 is 2.06 bits per heavy atom. The molecule has 0 amide bonds. The molecule has 1 aromatic carbocycles. The minimum atomic E-state index is 0.515. The molecule has 4 rings (SSSR count). The summed E-state index contributed by atoms with van der Waals surface area (Å²) >= 11 is 1.74. The van der Waals surface area contributed by atoms with Crippen molar-refractivity contribution < 1.29 is 4.74 Å². The zero-order valence-electron chi connectivity index (χ0n) is 10.0. The monoisotopic (exact) mass is 261 g/mol. The summed E-state index contributed by atoms with van der Waals surface area (Å²) in [6, 6.07) is 6.97. The zero-order chi connectivity index (χ0) is 12.1. The number of rotatable bonds is 1. The van der Waals surface area contributed by atoms with Crippen molar-refractivity contribution >= 4 is 32.4 Å². The summed E-state index contributed by atoms with van der Waals surface area (Å²) < 4.78 is 6.79. The SMILES string of the molecule is Nc1ccc2nc(N3C4CCC3COC4)sc2c1. The molecule has 0 aliphatic carbocycles. The molecule has 18 heavy (non-hydrogen) atoms. The molecule has 5 heteroatoms. The summed E-state index contributed by atoms with van der Waals surface area (Å²) in [5.74, 6) is 0. The summed E-state index contributed by atoms with van der Waals surface area (Å²) in [6.07, 6.45) is 2.45. The van der Waals surface area contributed by atoms with E-state index in [0.717, 1.165) is 29.5 Å². The van der Waals surface area contributed by atoms with Gasteiger partial charge in [0.15, 0.2) is 5.13 Å². The van der Waals surface area contributed by atoms with Gasteiger partial charge in [-0.1, -0.05) is 11.3 Å². The molecule has 0 saturated carbocycles. The fourth-order valence-electron chi connectivity index (χ4n) is 2.98. The lowest BCUT2D eigenvalue weighted by atomic mass is 10.2. The Bertz CT molecular complexity index is 581. The molecule has 0 spiro atoms. The molecule has 2 bridgehead atoms. The van der Waals surface area contributed by atoms with Gasteiger partial charge in [0.05, 0.1) is 35.5 Å². The number of fused-ring (bicyclic) bond motifs is 3. The Morgan fingerprint density at radius 3 is 2.83 bits per heavy atom. The lowest BCUT2D eigenvalue weighted by molar-refractivity contribution is 0.0906. The third-order valence-electron chi connectivity index (χ3n) is 3.86. The van der Waals surface area contributed by atoms with Crippen LogP contribution in [0.5, 0.6) is 0 Å². The highest BCUT2D eigenvalue weighted by Gasteiger charge is 2.38. The van der Waals surface area contributed by atoms with Crippen LogP contribution in [0.25, 0.3) is 10.2 Å². The second-order valence-corrected chi connectivity index (χ2v) is 6.06. The average Bonchev–Trinajstić information content (AvgIpc) is 2.87. The first-order chi connectivity index (χ1) is 8.81. The number of thiazole rings is 1. The number of nitrogens with zero attached hydrogens (tertiary/aromatic N) is 2. The van der Waals surface area contributed by atoms with Crippen molar-refractivity contribution in [1.29, 1.82) is 0 Å². The van der Waals surface area contributed by atoms with Gasteiger partial charge in [0, 0.05) is 5.69 Å². The van der Waals surface area contributed by atoms with Crippen LogP contribution in [-0.2, 0) is 4.74 Å². The lowest BCUT2D eigenvalue weighted by Gasteiger charge is -2.34. The van der Waals surface area contributed by atoms with E-state index in [2.05, 4.69) is 4.90 Å². The van der Waals surface area contributed by atoms with Gasteiger partial charge in [-0.3, -0.25) is 0 Å². The van der Waals surface area contributed by atoms with Gasteiger partial charge in [0.1, 0.15) is 0 Å². The molecular weight excluding hydrogens is 246 g/mol. The maximum atomic E-state index is 5.82. The minimum absolute atomic E-state index is 0.515. The van der Waals surface area contributed by atoms with E-state index in [1.165, 1.54) is 17.5 Å². The van der Waals surface area contributed by atoms with Gasteiger partial charge in [0.25, 0.3) is 0 Å². The molecule has 4 nitrogen and oxygen atoms in total. The van der Waals surface area contributed by atoms with E-state index in [4.69, 9.17) is 15.5 Å². The highest BCUT2D eigenvalue weighted by molar-refractivity contribution is 7.22. The standard InChI is InChI=1S/C13H15N3OS/c14-8-1-4-11-12(5-8)18-13(15-11)16-9-2-3-10(16)7-17-6-9/h1,4-5,9-10H,2-3,6-7,14H2. The van der Waals surface area contributed by atoms with E-state index in [9.17, 15) is 0 Å². The Hall–Kier alpha value is -1.33. The quantitative estimate of drug-likeness (QED) is 0.800. The first-order valence-electron chi connectivity index (χ1n) is 6.33. The van der Waals surface area contributed by atoms with Crippen LogP contribution in [0.3, 0.4) is 0 Å². The highest BCUT2D eigenvalue weighted by atomic mass is 32.1. The van der Waals surface area contributed by atoms with Crippen molar-refractivity contribution in [2.75, 3.05) is 23.8 Å². The molecule has 2 N–H and O–H groups in total. The predicted octanol–water partition coefficient (Wildman–Crippen LogP) is 2.25. The predicted molar refractivity (Wildman–Crippen MR) is 74.1 cm³/mol. The third-order valence-corrected chi connectivity index (χ3v) is 4.89. The number of nitrogen functional groups attached to an aromatic ring is 1. The van der Waals surface area contributed by atoms with Crippen molar-refractivity contribution in [3.8, 4) is 0 Å². The molecule has 2 aliphatic rings. The van der Waals surface area contributed by atoms with E-state index in [1.807, 2.05) is 18.2 Å². The van der Waals surface area contributed by atoms with Crippen LogP contribution in [0.1, 0.15) is 12.8 Å². The van der Waals surface area contributed by atoms with Crippen molar-refractivity contribution in [1.82, 2.24) is 4.98 Å². The van der Waals surface area contributed by atoms with Crippen molar-refractivity contribution in [2.24, 2.45) is 0 Å². The Balaban J connectivity index is 1.78. The van der Waals surface area contributed by atoms with Gasteiger partial charge in [-0.25, -0.2) is 4.98 Å². The Kier molecular flexibility index (Phi) is 2.25.